The zero-order valence-electron chi connectivity index (χ0n) is 11.8. The SMILES string of the molecule is COc1cc(Cl)cc(CO)c1OCc1cc(F)ccc1C. The molecule has 1 N–H and O–H groups in total. The molecule has 0 radical (unpaired) electrons. The average Bonchev–Trinajstić information content (AvgIpc) is 2.48. The molecule has 5 heteroatoms. The summed E-state index contributed by atoms with van der Waals surface area (Å²) >= 11 is 5.95. The van der Waals surface area contributed by atoms with Gasteiger partial charge in [-0.25, -0.2) is 4.39 Å². The van der Waals surface area contributed by atoms with Crippen LogP contribution in [0, 0.1) is 12.7 Å². The molecule has 0 bridgehead atoms. The molecule has 0 atom stereocenters. The van der Waals surface area contributed by atoms with Crippen molar-refractivity contribution in [1.82, 2.24) is 0 Å². The molecule has 0 saturated heterocycles. The molecule has 0 unspecified atom stereocenters. The Balaban J connectivity index is 2.29. The molecule has 0 amide bonds. The summed E-state index contributed by atoms with van der Waals surface area (Å²) in [7, 11) is 1.49. The van der Waals surface area contributed by atoms with Gasteiger partial charge >= 0.3 is 0 Å². The average molecular weight is 311 g/mol. The molecule has 3 nitrogen and oxygen atoms in total. The molecule has 112 valence electrons. The highest BCUT2D eigenvalue weighted by Crippen LogP contribution is 2.35. The monoisotopic (exact) mass is 310 g/mol. The maximum absolute atomic E-state index is 13.3. The molecule has 0 aliphatic carbocycles. The first-order valence-corrected chi connectivity index (χ1v) is 6.78. The van der Waals surface area contributed by atoms with Crippen LogP contribution in [0.3, 0.4) is 0 Å². The van der Waals surface area contributed by atoms with E-state index in [0.29, 0.717) is 22.1 Å². The summed E-state index contributed by atoms with van der Waals surface area (Å²) in [6, 6.07) is 7.74. The van der Waals surface area contributed by atoms with E-state index < -0.39 is 0 Å². The van der Waals surface area contributed by atoms with Gasteiger partial charge in [-0.1, -0.05) is 17.7 Å². The fraction of sp³-hybridized carbons (Fsp3) is 0.250. The van der Waals surface area contributed by atoms with E-state index in [1.54, 1.807) is 18.2 Å². The predicted octanol–water partition coefficient (Wildman–Crippen LogP) is 3.87. The van der Waals surface area contributed by atoms with E-state index in [9.17, 15) is 9.50 Å². The van der Waals surface area contributed by atoms with Crippen molar-refractivity contribution in [3.8, 4) is 11.5 Å². The van der Waals surface area contributed by atoms with Crippen LogP contribution in [-0.2, 0) is 13.2 Å². The summed E-state index contributed by atoms with van der Waals surface area (Å²) < 4.78 is 24.2. The number of methoxy groups -OCH3 is 1. The molecule has 0 spiro atoms. The minimum atomic E-state index is -0.315. The Morgan fingerprint density at radius 2 is 1.95 bits per heavy atom. The molecule has 0 aliphatic rings. The Morgan fingerprint density at radius 3 is 2.62 bits per heavy atom. The molecule has 2 aromatic carbocycles. The number of halogens is 2. The number of hydrogen-bond donors (Lipinski definition) is 1. The van der Waals surface area contributed by atoms with Crippen molar-refractivity contribution in [1.29, 1.82) is 0 Å². The standard InChI is InChI=1S/C16H16ClFO3/c1-10-3-4-14(18)6-12(10)9-21-16-11(8-19)5-13(17)7-15(16)20-2/h3-7,19H,8-9H2,1-2H3. The van der Waals surface area contributed by atoms with E-state index in [2.05, 4.69) is 0 Å². The minimum Gasteiger partial charge on any atom is -0.493 e. The van der Waals surface area contributed by atoms with Crippen molar-refractivity contribution in [2.75, 3.05) is 7.11 Å². The highest BCUT2D eigenvalue weighted by atomic mass is 35.5. The van der Waals surface area contributed by atoms with Crippen molar-refractivity contribution in [3.05, 3.63) is 57.9 Å². The van der Waals surface area contributed by atoms with Gasteiger partial charge in [0.05, 0.1) is 13.7 Å². The van der Waals surface area contributed by atoms with Crippen LogP contribution in [0.5, 0.6) is 11.5 Å². The van der Waals surface area contributed by atoms with Gasteiger partial charge in [-0.05, 0) is 36.2 Å². The van der Waals surface area contributed by atoms with Gasteiger partial charge in [0.25, 0.3) is 0 Å². The molecule has 21 heavy (non-hydrogen) atoms. The second-order valence-corrected chi connectivity index (χ2v) is 5.05. The van der Waals surface area contributed by atoms with Crippen LogP contribution in [0.1, 0.15) is 16.7 Å². The van der Waals surface area contributed by atoms with Crippen LogP contribution in [0.25, 0.3) is 0 Å². The van der Waals surface area contributed by atoms with Crippen LogP contribution in [-0.4, -0.2) is 12.2 Å². The summed E-state index contributed by atoms with van der Waals surface area (Å²) in [4.78, 5) is 0. The molecule has 2 rings (SSSR count). The first kappa shape index (κ1) is 15.6. The van der Waals surface area contributed by atoms with Crippen LogP contribution < -0.4 is 9.47 Å². The van der Waals surface area contributed by atoms with Crippen LogP contribution in [0.15, 0.2) is 30.3 Å². The number of ether oxygens (including phenoxy) is 2. The normalized spacial score (nSPS) is 10.5. The number of benzene rings is 2. The molecular weight excluding hydrogens is 295 g/mol. The Morgan fingerprint density at radius 1 is 1.19 bits per heavy atom. The molecule has 0 aromatic heterocycles. The second-order valence-electron chi connectivity index (χ2n) is 4.61. The van der Waals surface area contributed by atoms with Crippen LogP contribution in [0.2, 0.25) is 5.02 Å². The third kappa shape index (κ3) is 3.65. The Hall–Kier alpha value is -1.78. The van der Waals surface area contributed by atoms with E-state index >= 15 is 0 Å². The smallest absolute Gasteiger partial charge is 0.167 e. The second kappa shape index (κ2) is 6.78. The van der Waals surface area contributed by atoms with Crippen molar-refractivity contribution in [2.24, 2.45) is 0 Å². The van der Waals surface area contributed by atoms with Crippen molar-refractivity contribution in [2.45, 2.75) is 20.1 Å². The third-order valence-corrected chi connectivity index (χ3v) is 3.39. The number of rotatable bonds is 5. The molecule has 2 aromatic rings. The van der Waals surface area contributed by atoms with Gasteiger partial charge in [0.1, 0.15) is 12.4 Å². The van der Waals surface area contributed by atoms with E-state index in [0.717, 1.165) is 11.1 Å². The predicted molar refractivity (Wildman–Crippen MR) is 79.4 cm³/mol. The topological polar surface area (TPSA) is 38.7 Å². The van der Waals surface area contributed by atoms with Gasteiger partial charge < -0.3 is 14.6 Å². The molecule has 0 heterocycles. The number of aliphatic hydroxyl groups excluding tert-OH is 1. The Kier molecular flexibility index (Phi) is 5.04. The van der Waals surface area contributed by atoms with Crippen molar-refractivity contribution >= 4 is 11.6 Å². The van der Waals surface area contributed by atoms with Gasteiger partial charge in [-0.15, -0.1) is 0 Å². The highest BCUT2D eigenvalue weighted by Gasteiger charge is 2.13. The summed E-state index contributed by atoms with van der Waals surface area (Å²) in [6.07, 6.45) is 0. The lowest BCUT2D eigenvalue weighted by Crippen LogP contribution is -2.03. The largest absolute Gasteiger partial charge is 0.493 e. The highest BCUT2D eigenvalue weighted by molar-refractivity contribution is 6.30. The number of aliphatic hydroxyl groups is 1. The van der Waals surface area contributed by atoms with Crippen LogP contribution in [0.4, 0.5) is 4.39 Å². The Labute approximate surface area is 127 Å². The first-order chi connectivity index (χ1) is 10.0. The number of aryl methyl sites for hydroxylation is 1. The maximum atomic E-state index is 13.3. The first-order valence-electron chi connectivity index (χ1n) is 6.40. The van der Waals surface area contributed by atoms with E-state index in [-0.39, 0.29) is 19.0 Å². The van der Waals surface area contributed by atoms with Gasteiger partial charge in [0, 0.05) is 16.7 Å². The van der Waals surface area contributed by atoms with E-state index in [1.165, 1.54) is 19.2 Å². The molecule has 0 aliphatic heterocycles. The van der Waals surface area contributed by atoms with Gasteiger partial charge in [-0.2, -0.15) is 0 Å². The number of hydrogen-bond acceptors (Lipinski definition) is 3. The molecule has 0 fully saturated rings. The molecule has 0 saturated carbocycles. The van der Waals surface area contributed by atoms with Crippen molar-refractivity contribution < 1.29 is 19.0 Å². The lowest BCUT2D eigenvalue weighted by molar-refractivity contribution is 0.249. The summed E-state index contributed by atoms with van der Waals surface area (Å²) in [6.45, 7) is 1.83. The fourth-order valence-electron chi connectivity index (χ4n) is 2.00. The Bertz CT molecular complexity index is 618. The van der Waals surface area contributed by atoms with Gasteiger partial charge in [0.2, 0.25) is 0 Å². The third-order valence-electron chi connectivity index (χ3n) is 3.17. The minimum absolute atomic E-state index is 0.175. The van der Waals surface area contributed by atoms with Gasteiger partial charge in [-0.3, -0.25) is 0 Å². The van der Waals surface area contributed by atoms with Gasteiger partial charge in [0.15, 0.2) is 11.5 Å². The lowest BCUT2D eigenvalue weighted by atomic mass is 10.1. The summed E-state index contributed by atoms with van der Waals surface area (Å²) in [5.41, 5.74) is 2.18. The van der Waals surface area contributed by atoms with Crippen molar-refractivity contribution in [3.63, 3.8) is 0 Å². The fourth-order valence-corrected chi connectivity index (χ4v) is 2.23. The molecular formula is C16H16ClFO3. The zero-order valence-corrected chi connectivity index (χ0v) is 12.6. The summed E-state index contributed by atoms with van der Waals surface area (Å²) in [5.74, 6) is 0.526. The quantitative estimate of drug-likeness (QED) is 0.911. The zero-order chi connectivity index (χ0) is 15.4. The lowest BCUT2D eigenvalue weighted by Gasteiger charge is -2.15. The summed E-state index contributed by atoms with van der Waals surface area (Å²) in [5, 5.41) is 9.85. The van der Waals surface area contributed by atoms with Crippen LogP contribution >= 0.6 is 11.6 Å². The maximum Gasteiger partial charge on any atom is 0.167 e. The van der Waals surface area contributed by atoms with E-state index in [1.807, 2.05) is 6.92 Å². The van der Waals surface area contributed by atoms with E-state index in [4.69, 9.17) is 21.1 Å².